The quantitative estimate of drug-likeness (QED) is 0.382. The summed E-state index contributed by atoms with van der Waals surface area (Å²) in [6.07, 6.45) is 2.72. The molecule has 1 aliphatic rings. The number of methoxy groups -OCH3 is 1. The van der Waals surface area contributed by atoms with Crippen LogP contribution in [0.15, 0.2) is 60.8 Å². The van der Waals surface area contributed by atoms with Gasteiger partial charge in [-0.2, -0.15) is 0 Å². The average molecular weight is 496 g/mol. The van der Waals surface area contributed by atoms with Gasteiger partial charge >= 0.3 is 5.97 Å². The van der Waals surface area contributed by atoms with Gasteiger partial charge in [-0.3, -0.25) is 14.0 Å². The summed E-state index contributed by atoms with van der Waals surface area (Å²) < 4.78 is 34.3. The lowest BCUT2D eigenvalue weighted by Crippen LogP contribution is -2.47. The van der Waals surface area contributed by atoms with Crippen molar-refractivity contribution in [2.24, 2.45) is 5.92 Å². The molecular formula is C26H20ClF2N3O3. The Hall–Kier alpha value is -3.78. The molecule has 6 nitrogen and oxygen atoms in total. The highest BCUT2D eigenvalue weighted by molar-refractivity contribution is 6.32. The normalized spacial score (nSPS) is 17.1. The number of nitrogens with zero attached hydrogens (tertiary/aromatic N) is 2. The first-order valence-corrected chi connectivity index (χ1v) is 11.3. The van der Waals surface area contributed by atoms with Gasteiger partial charge in [-0.1, -0.05) is 35.9 Å². The maximum Gasteiger partial charge on any atom is 0.308 e. The van der Waals surface area contributed by atoms with E-state index in [2.05, 4.69) is 10.3 Å². The molecule has 1 amide bonds. The Morgan fingerprint density at radius 1 is 1.06 bits per heavy atom. The molecule has 0 aliphatic heterocycles. The summed E-state index contributed by atoms with van der Waals surface area (Å²) >= 11 is 6.63. The largest absolute Gasteiger partial charge is 0.469 e. The monoisotopic (exact) mass is 495 g/mol. The topological polar surface area (TPSA) is 72.7 Å². The van der Waals surface area contributed by atoms with Crippen molar-refractivity contribution in [1.82, 2.24) is 14.7 Å². The molecule has 178 valence electrons. The first-order valence-electron chi connectivity index (χ1n) is 11.0. The second kappa shape index (κ2) is 9.11. The number of halogens is 3. The third-order valence-electron chi connectivity index (χ3n) is 6.24. The number of nitrogens with one attached hydrogen (secondary N) is 1. The van der Waals surface area contributed by atoms with Gasteiger partial charge in [-0.05, 0) is 42.7 Å². The van der Waals surface area contributed by atoms with Crippen molar-refractivity contribution in [2.75, 3.05) is 7.11 Å². The highest BCUT2D eigenvalue weighted by atomic mass is 35.5. The number of amides is 1. The molecule has 2 aromatic heterocycles. The summed E-state index contributed by atoms with van der Waals surface area (Å²) in [5.41, 5.74) is 2.54. The van der Waals surface area contributed by atoms with Crippen LogP contribution in [0, 0.1) is 17.6 Å². The van der Waals surface area contributed by atoms with Crippen molar-refractivity contribution in [3.8, 4) is 22.4 Å². The van der Waals surface area contributed by atoms with E-state index in [1.807, 2.05) is 0 Å². The Bertz CT molecular complexity index is 1460. The van der Waals surface area contributed by atoms with Crippen LogP contribution in [-0.4, -0.2) is 34.4 Å². The van der Waals surface area contributed by atoms with Crippen molar-refractivity contribution < 1.29 is 23.1 Å². The Morgan fingerprint density at radius 3 is 2.51 bits per heavy atom. The molecule has 35 heavy (non-hydrogen) atoms. The second-order valence-corrected chi connectivity index (χ2v) is 8.78. The van der Waals surface area contributed by atoms with E-state index in [-0.39, 0.29) is 29.4 Å². The molecule has 0 saturated heterocycles. The zero-order valence-electron chi connectivity index (χ0n) is 18.6. The van der Waals surface area contributed by atoms with Crippen LogP contribution < -0.4 is 5.32 Å². The standard InChI is InChI=1S/C26H20ClF2N3O3/c1-35-26(34)15-10-17(11-15)30-25(33)14-8-9-32-22(12-14)31-23(24(32)27)20-5-3-2-4-18(20)19-7-6-16(28)13-21(19)29/h2-9,12-13,15,17H,10-11H2,1H3,(H,30,33). The van der Waals surface area contributed by atoms with Crippen molar-refractivity contribution in [3.63, 3.8) is 0 Å². The molecule has 5 rings (SSSR count). The average Bonchev–Trinajstić information content (AvgIpc) is 3.16. The number of aromatic nitrogens is 2. The Balaban J connectivity index is 1.44. The number of benzene rings is 2. The van der Waals surface area contributed by atoms with Crippen LogP contribution in [0.1, 0.15) is 23.2 Å². The maximum absolute atomic E-state index is 14.5. The van der Waals surface area contributed by atoms with Crippen LogP contribution in [0.2, 0.25) is 5.15 Å². The summed E-state index contributed by atoms with van der Waals surface area (Å²) in [6.45, 7) is 0. The van der Waals surface area contributed by atoms with E-state index in [0.717, 1.165) is 6.07 Å². The maximum atomic E-state index is 14.5. The lowest BCUT2D eigenvalue weighted by molar-refractivity contribution is -0.149. The highest BCUT2D eigenvalue weighted by Gasteiger charge is 2.36. The fraction of sp³-hybridized carbons (Fsp3) is 0.192. The molecule has 0 atom stereocenters. The molecule has 9 heteroatoms. The van der Waals surface area contributed by atoms with E-state index >= 15 is 0 Å². The van der Waals surface area contributed by atoms with E-state index < -0.39 is 11.6 Å². The Labute approximate surface area is 204 Å². The molecule has 1 N–H and O–H groups in total. The summed E-state index contributed by atoms with van der Waals surface area (Å²) in [5.74, 6) is -2.09. The van der Waals surface area contributed by atoms with Crippen LogP contribution in [0.25, 0.3) is 28.0 Å². The summed E-state index contributed by atoms with van der Waals surface area (Å²) in [7, 11) is 1.35. The zero-order chi connectivity index (χ0) is 24.7. The minimum absolute atomic E-state index is 0.0980. The fourth-order valence-corrected chi connectivity index (χ4v) is 4.61. The number of pyridine rings is 1. The number of fused-ring (bicyclic) bond motifs is 1. The lowest BCUT2D eigenvalue weighted by atomic mass is 9.80. The van der Waals surface area contributed by atoms with Crippen LogP contribution in [0.5, 0.6) is 0 Å². The summed E-state index contributed by atoms with van der Waals surface area (Å²) in [6, 6.07) is 13.5. The number of esters is 1. The number of hydrogen-bond donors (Lipinski definition) is 1. The van der Waals surface area contributed by atoms with Gasteiger partial charge in [0.25, 0.3) is 5.91 Å². The van der Waals surface area contributed by atoms with Crippen LogP contribution in [0.3, 0.4) is 0 Å². The number of carbonyl (C=O) groups excluding carboxylic acids is 2. The van der Waals surface area contributed by atoms with Gasteiger partial charge in [0.15, 0.2) is 0 Å². The molecule has 2 heterocycles. The minimum Gasteiger partial charge on any atom is -0.469 e. The number of ether oxygens (including phenoxy) is 1. The van der Waals surface area contributed by atoms with Crippen molar-refractivity contribution in [3.05, 3.63) is 83.1 Å². The smallest absolute Gasteiger partial charge is 0.308 e. The number of hydrogen-bond acceptors (Lipinski definition) is 4. The molecule has 1 saturated carbocycles. The van der Waals surface area contributed by atoms with E-state index in [0.29, 0.717) is 46.0 Å². The van der Waals surface area contributed by atoms with Gasteiger partial charge in [0.1, 0.15) is 28.1 Å². The van der Waals surface area contributed by atoms with Crippen LogP contribution in [-0.2, 0) is 9.53 Å². The number of rotatable bonds is 5. The molecule has 1 fully saturated rings. The van der Waals surface area contributed by atoms with Gasteiger partial charge in [-0.15, -0.1) is 0 Å². The van der Waals surface area contributed by atoms with Gasteiger partial charge < -0.3 is 10.1 Å². The van der Waals surface area contributed by atoms with Gasteiger partial charge in [0, 0.05) is 35.0 Å². The van der Waals surface area contributed by atoms with Crippen LogP contribution in [0.4, 0.5) is 8.78 Å². The lowest BCUT2D eigenvalue weighted by Gasteiger charge is -2.33. The third kappa shape index (κ3) is 4.25. The second-order valence-electron chi connectivity index (χ2n) is 8.43. The van der Waals surface area contributed by atoms with E-state index in [1.165, 1.54) is 19.2 Å². The van der Waals surface area contributed by atoms with Crippen molar-refractivity contribution >= 4 is 29.1 Å². The fourth-order valence-electron chi connectivity index (χ4n) is 4.32. The predicted octanol–water partition coefficient (Wildman–Crippen LogP) is 5.28. The highest BCUT2D eigenvalue weighted by Crippen LogP contribution is 2.37. The Kier molecular flexibility index (Phi) is 5.98. The molecular weight excluding hydrogens is 476 g/mol. The molecule has 2 aromatic carbocycles. The molecule has 0 radical (unpaired) electrons. The van der Waals surface area contributed by atoms with Crippen molar-refractivity contribution in [1.29, 1.82) is 0 Å². The summed E-state index contributed by atoms with van der Waals surface area (Å²) in [4.78, 5) is 28.9. The molecule has 0 bridgehead atoms. The van der Waals surface area contributed by atoms with E-state index in [1.54, 1.807) is 47.0 Å². The van der Waals surface area contributed by atoms with E-state index in [4.69, 9.17) is 16.3 Å². The molecule has 1 aliphatic carbocycles. The van der Waals surface area contributed by atoms with Gasteiger partial charge in [-0.25, -0.2) is 13.8 Å². The third-order valence-corrected chi connectivity index (χ3v) is 6.60. The molecule has 4 aromatic rings. The van der Waals surface area contributed by atoms with Gasteiger partial charge in [0.05, 0.1) is 13.0 Å². The van der Waals surface area contributed by atoms with E-state index in [9.17, 15) is 18.4 Å². The SMILES string of the molecule is COC(=O)C1CC(NC(=O)c2ccn3c(Cl)c(-c4ccccc4-c4ccc(F)cc4F)nc3c2)C1. The van der Waals surface area contributed by atoms with Gasteiger partial charge in [0.2, 0.25) is 0 Å². The van der Waals surface area contributed by atoms with Crippen LogP contribution >= 0.6 is 11.6 Å². The number of carbonyl (C=O) groups is 2. The summed E-state index contributed by atoms with van der Waals surface area (Å²) in [5, 5.41) is 3.21. The minimum atomic E-state index is -0.693. The molecule has 0 unspecified atom stereocenters. The predicted molar refractivity (Wildman–Crippen MR) is 127 cm³/mol. The zero-order valence-corrected chi connectivity index (χ0v) is 19.4. The molecule has 0 spiro atoms. The number of imidazole rings is 1. The van der Waals surface area contributed by atoms with Crippen molar-refractivity contribution in [2.45, 2.75) is 18.9 Å². The first kappa shape index (κ1) is 23.0. The first-order chi connectivity index (χ1) is 16.9. The Morgan fingerprint density at radius 2 is 1.80 bits per heavy atom.